The van der Waals surface area contributed by atoms with E-state index in [0.29, 0.717) is 5.96 Å². The number of fused-ring (bicyclic) bond motifs is 1. The van der Waals surface area contributed by atoms with E-state index in [1.807, 2.05) is 11.3 Å². The molecular formula is C14H25IN4S. The minimum absolute atomic E-state index is 0. The zero-order valence-corrected chi connectivity index (χ0v) is 15.2. The van der Waals surface area contributed by atoms with Crippen LogP contribution in [-0.4, -0.2) is 37.0 Å². The van der Waals surface area contributed by atoms with Crippen molar-refractivity contribution in [1.29, 1.82) is 0 Å². The lowest BCUT2D eigenvalue weighted by Gasteiger charge is -2.26. The van der Waals surface area contributed by atoms with Gasteiger partial charge in [0.15, 0.2) is 5.96 Å². The van der Waals surface area contributed by atoms with E-state index >= 15 is 0 Å². The third kappa shape index (κ3) is 5.57. The van der Waals surface area contributed by atoms with Gasteiger partial charge in [0.1, 0.15) is 0 Å². The van der Waals surface area contributed by atoms with Crippen molar-refractivity contribution in [2.24, 2.45) is 10.7 Å². The summed E-state index contributed by atoms with van der Waals surface area (Å²) in [7, 11) is 0. The van der Waals surface area contributed by atoms with Gasteiger partial charge in [-0.25, -0.2) is 0 Å². The standard InChI is InChI=1S/C14H24N4S.HI/c1-2-3-6-16-14(15)17-7-9-18-8-4-13-12(11-18)5-10-19-13;/h5,10H,2-4,6-9,11H2,1H3,(H3,15,16,17);1H. The first-order chi connectivity index (χ1) is 9.29. The Balaban J connectivity index is 0.00000200. The molecule has 2 heterocycles. The number of nitrogens with one attached hydrogen (secondary N) is 1. The molecule has 0 bridgehead atoms. The van der Waals surface area contributed by atoms with Crippen molar-refractivity contribution in [3.05, 3.63) is 21.9 Å². The van der Waals surface area contributed by atoms with Crippen LogP contribution < -0.4 is 11.1 Å². The molecule has 0 amide bonds. The summed E-state index contributed by atoms with van der Waals surface area (Å²) in [4.78, 5) is 8.32. The van der Waals surface area contributed by atoms with E-state index in [-0.39, 0.29) is 24.0 Å². The molecule has 4 nitrogen and oxygen atoms in total. The molecule has 1 aliphatic rings. The highest BCUT2D eigenvalue weighted by atomic mass is 127. The first-order valence-electron chi connectivity index (χ1n) is 7.11. The first kappa shape index (κ1) is 17.7. The summed E-state index contributed by atoms with van der Waals surface area (Å²) in [6.45, 7) is 7.13. The fourth-order valence-corrected chi connectivity index (χ4v) is 3.14. The minimum Gasteiger partial charge on any atom is -0.370 e. The molecule has 1 aromatic rings. The molecule has 6 heteroatoms. The van der Waals surface area contributed by atoms with Gasteiger partial charge in [-0.3, -0.25) is 9.89 Å². The zero-order chi connectivity index (χ0) is 13.5. The highest BCUT2D eigenvalue weighted by molar-refractivity contribution is 14.0. The molecule has 0 aliphatic carbocycles. The van der Waals surface area contributed by atoms with Crippen molar-refractivity contribution in [2.45, 2.75) is 32.7 Å². The Morgan fingerprint density at radius 3 is 3.20 bits per heavy atom. The van der Waals surface area contributed by atoms with Gasteiger partial charge in [-0.05, 0) is 29.9 Å². The van der Waals surface area contributed by atoms with Gasteiger partial charge in [-0.15, -0.1) is 35.3 Å². The van der Waals surface area contributed by atoms with Gasteiger partial charge in [0.2, 0.25) is 0 Å². The lowest BCUT2D eigenvalue weighted by Crippen LogP contribution is -2.40. The van der Waals surface area contributed by atoms with Crippen molar-refractivity contribution >= 4 is 41.3 Å². The summed E-state index contributed by atoms with van der Waals surface area (Å²) in [5.41, 5.74) is 7.31. The summed E-state index contributed by atoms with van der Waals surface area (Å²) in [5, 5.41) is 5.39. The lowest BCUT2D eigenvalue weighted by atomic mass is 10.1. The molecule has 114 valence electrons. The molecule has 0 saturated carbocycles. The summed E-state index contributed by atoms with van der Waals surface area (Å²) < 4.78 is 0. The van der Waals surface area contributed by atoms with Crippen LogP contribution in [0, 0.1) is 0 Å². The maximum atomic E-state index is 5.81. The van der Waals surface area contributed by atoms with Gasteiger partial charge in [-0.2, -0.15) is 0 Å². The number of nitrogens with zero attached hydrogens (tertiary/aromatic N) is 2. The van der Waals surface area contributed by atoms with Crippen LogP contribution >= 0.6 is 35.3 Å². The van der Waals surface area contributed by atoms with E-state index in [1.54, 1.807) is 4.88 Å². The monoisotopic (exact) mass is 408 g/mol. The van der Waals surface area contributed by atoms with Gasteiger partial charge in [0.05, 0.1) is 0 Å². The van der Waals surface area contributed by atoms with Crippen LogP contribution in [0.2, 0.25) is 0 Å². The number of guanidine groups is 1. The van der Waals surface area contributed by atoms with E-state index in [4.69, 9.17) is 5.73 Å². The van der Waals surface area contributed by atoms with Crippen molar-refractivity contribution in [1.82, 2.24) is 10.2 Å². The topological polar surface area (TPSA) is 53.6 Å². The molecule has 0 fully saturated rings. The van der Waals surface area contributed by atoms with Crippen LogP contribution in [0.15, 0.2) is 16.4 Å². The molecule has 0 saturated heterocycles. The Labute approximate surface area is 142 Å². The maximum Gasteiger partial charge on any atom is 0.188 e. The van der Waals surface area contributed by atoms with Gasteiger partial charge in [0.25, 0.3) is 0 Å². The van der Waals surface area contributed by atoms with E-state index in [2.05, 4.69) is 33.6 Å². The van der Waals surface area contributed by atoms with Gasteiger partial charge >= 0.3 is 0 Å². The Bertz CT molecular complexity index is 419. The van der Waals surface area contributed by atoms with E-state index < -0.39 is 0 Å². The molecule has 20 heavy (non-hydrogen) atoms. The molecule has 1 aromatic heterocycles. The van der Waals surface area contributed by atoms with Gasteiger partial charge in [-0.1, -0.05) is 13.3 Å². The smallest absolute Gasteiger partial charge is 0.188 e. The highest BCUT2D eigenvalue weighted by Crippen LogP contribution is 2.23. The van der Waals surface area contributed by atoms with E-state index in [9.17, 15) is 0 Å². The molecule has 3 N–H and O–H groups in total. The van der Waals surface area contributed by atoms with Crippen LogP contribution in [0.5, 0.6) is 0 Å². The van der Waals surface area contributed by atoms with Crippen LogP contribution in [0.3, 0.4) is 0 Å². The van der Waals surface area contributed by atoms with Gasteiger partial charge < -0.3 is 11.1 Å². The molecule has 2 rings (SSSR count). The molecule has 0 atom stereocenters. The van der Waals surface area contributed by atoms with Crippen molar-refractivity contribution in [3.63, 3.8) is 0 Å². The second-order valence-electron chi connectivity index (χ2n) is 4.94. The predicted octanol–water partition coefficient (Wildman–Crippen LogP) is 2.43. The fourth-order valence-electron chi connectivity index (χ4n) is 2.25. The summed E-state index contributed by atoms with van der Waals surface area (Å²) in [6, 6.07) is 2.25. The molecule has 0 spiro atoms. The summed E-state index contributed by atoms with van der Waals surface area (Å²) in [6.07, 6.45) is 3.45. The predicted molar refractivity (Wildman–Crippen MR) is 98.1 cm³/mol. The fraction of sp³-hybridized carbons (Fsp3) is 0.643. The number of unbranched alkanes of at least 4 members (excludes halogenated alkanes) is 1. The largest absolute Gasteiger partial charge is 0.370 e. The van der Waals surface area contributed by atoms with E-state index in [0.717, 1.165) is 45.6 Å². The van der Waals surface area contributed by atoms with Crippen LogP contribution in [0.4, 0.5) is 0 Å². The van der Waals surface area contributed by atoms with Crippen molar-refractivity contribution in [3.8, 4) is 0 Å². The Hall–Kier alpha value is -0.340. The van der Waals surface area contributed by atoms with Crippen molar-refractivity contribution < 1.29 is 0 Å². The molecule has 0 unspecified atom stereocenters. The van der Waals surface area contributed by atoms with E-state index in [1.165, 1.54) is 12.0 Å². The Kier molecular flexibility index (Phi) is 8.47. The quantitative estimate of drug-likeness (QED) is 0.329. The second-order valence-corrected chi connectivity index (χ2v) is 5.94. The number of thiophene rings is 1. The van der Waals surface area contributed by atoms with Crippen molar-refractivity contribution in [2.75, 3.05) is 26.2 Å². The number of aliphatic imine (C=N–C) groups is 1. The maximum absolute atomic E-state index is 5.81. The molecule has 0 aromatic carbocycles. The first-order valence-corrected chi connectivity index (χ1v) is 7.99. The molecule has 0 radical (unpaired) electrons. The molecular weight excluding hydrogens is 383 g/mol. The van der Waals surface area contributed by atoms with Gasteiger partial charge in [0, 0.05) is 37.6 Å². The minimum atomic E-state index is 0. The number of hydrogen-bond acceptors (Lipinski definition) is 3. The second kappa shape index (κ2) is 9.57. The third-order valence-corrected chi connectivity index (χ3v) is 4.44. The highest BCUT2D eigenvalue weighted by Gasteiger charge is 2.16. The number of halogens is 1. The average Bonchev–Trinajstić information content (AvgIpc) is 2.86. The Morgan fingerprint density at radius 1 is 1.55 bits per heavy atom. The molecule has 1 aliphatic heterocycles. The summed E-state index contributed by atoms with van der Waals surface area (Å²) >= 11 is 1.89. The SMILES string of the molecule is CCCCN=C(N)NCCN1CCc2sccc2C1.I. The average molecular weight is 408 g/mol. The number of hydrogen-bond donors (Lipinski definition) is 2. The normalized spacial score (nSPS) is 15.6. The zero-order valence-electron chi connectivity index (χ0n) is 12.1. The Morgan fingerprint density at radius 2 is 2.40 bits per heavy atom. The number of rotatable bonds is 6. The number of nitrogens with two attached hydrogens (primary N) is 1. The summed E-state index contributed by atoms with van der Waals surface area (Å²) in [5.74, 6) is 0.585. The lowest BCUT2D eigenvalue weighted by molar-refractivity contribution is 0.260. The van der Waals surface area contributed by atoms with Crippen LogP contribution in [-0.2, 0) is 13.0 Å². The van der Waals surface area contributed by atoms with Crippen LogP contribution in [0.1, 0.15) is 30.2 Å². The third-order valence-electron chi connectivity index (χ3n) is 3.41. The van der Waals surface area contributed by atoms with Crippen LogP contribution in [0.25, 0.3) is 0 Å².